The van der Waals surface area contributed by atoms with Crippen LogP contribution in [0, 0.1) is 5.82 Å². The molecule has 1 atom stereocenters. The Morgan fingerprint density at radius 2 is 1.95 bits per heavy atom. The molecule has 2 rings (SSSR count). The van der Waals surface area contributed by atoms with Crippen LogP contribution in [0.4, 0.5) is 4.39 Å². The maximum atomic E-state index is 13.4. The molecule has 1 aliphatic rings. The topological polar surface area (TPSA) is 15.3 Å². The number of rotatable bonds is 5. The molecule has 112 valence electrons. The van der Waals surface area contributed by atoms with Crippen molar-refractivity contribution >= 4 is 11.6 Å². The van der Waals surface area contributed by atoms with Crippen molar-refractivity contribution in [3.8, 4) is 0 Å². The van der Waals surface area contributed by atoms with Gasteiger partial charge in [-0.2, -0.15) is 0 Å². The van der Waals surface area contributed by atoms with E-state index in [2.05, 4.69) is 17.1 Å². The third-order valence-electron chi connectivity index (χ3n) is 4.02. The molecule has 20 heavy (non-hydrogen) atoms. The number of halogens is 2. The Bertz CT molecular complexity index is 417. The van der Waals surface area contributed by atoms with Gasteiger partial charge in [-0.3, -0.25) is 0 Å². The van der Waals surface area contributed by atoms with Crippen LogP contribution in [0.15, 0.2) is 18.2 Å². The summed E-state index contributed by atoms with van der Waals surface area (Å²) in [5.74, 6) is -0.342. The van der Waals surface area contributed by atoms with Crippen molar-refractivity contribution < 1.29 is 4.39 Å². The average molecular weight is 299 g/mol. The van der Waals surface area contributed by atoms with Crippen molar-refractivity contribution in [3.63, 3.8) is 0 Å². The highest BCUT2D eigenvalue weighted by Gasteiger charge is 2.11. The van der Waals surface area contributed by atoms with Gasteiger partial charge in [0.25, 0.3) is 0 Å². The Balaban J connectivity index is 1.76. The van der Waals surface area contributed by atoms with E-state index in [-0.39, 0.29) is 16.9 Å². The van der Waals surface area contributed by atoms with Crippen molar-refractivity contribution in [1.29, 1.82) is 0 Å². The second kappa shape index (κ2) is 7.96. The molecule has 0 aliphatic carbocycles. The first-order valence-electron chi connectivity index (χ1n) is 7.57. The molecular weight excluding hydrogens is 275 g/mol. The van der Waals surface area contributed by atoms with Crippen LogP contribution in [-0.4, -0.2) is 31.1 Å². The van der Waals surface area contributed by atoms with Crippen LogP contribution in [-0.2, 0) is 0 Å². The minimum atomic E-state index is -0.342. The van der Waals surface area contributed by atoms with Crippen LogP contribution < -0.4 is 5.32 Å². The fourth-order valence-electron chi connectivity index (χ4n) is 2.70. The summed E-state index contributed by atoms with van der Waals surface area (Å²) in [5, 5.41) is 3.65. The molecule has 0 aromatic heterocycles. The number of hydrogen-bond acceptors (Lipinski definition) is 2. The quantitative estimate of drug-likeness (QED) is 0.884. The molecule has 1 N–H and O–H groups in total. The van der Waals surface area contributed by atoms with E-state index >= 15 is 0 Å². The molecule has 0 amide bonds. The average Bonchev–Trinajstić information content (AvgIpc) is 2.70. The largest absolute Gasteiger partial charge is 0.309 e. The molecule has 0 bridgehead atoms. The summed E-state index contributed by atoms with van der Waals surface area (Å²) in [6.07, 6.45) is 5.37. The van der Waals surface area contributed by atoms with Crippen LogP contribution >= 0.6 is 11.6 Å². The molecule has 1 aromatic rings. The lowest BCUT2D eigenvalue weighted by Crippen LogP contribution is -2.33. The Labute approximate surface area is 126 Å². The molecular formula is C16H24ClFN2. The molecule has 1 aliphatic heterocycles. The van der Waals surface area contributed by atoms with Gasteiger partial charge in [0.15, 0.2) is 0 Å². The van der Waals surface area contributed by atoms with Gasteiger partial charge < -0.3 is 10.2 Å². The van der Waals surface area contributed by atoms with Gasteiger partial charge in [0.1, 0.15) is 5.82 Å². The standard InChI is InChI=1S/C16H24ClFN2/c1-13(14-6-7-15(17)16(18)12-14)19-8-11-20-9-4-2-3-5-10-20/h6-7,12-13,19H,2-5,8-11H2,1H3. The van der Waals surface area contributed by atoms with E-state index < -0.39 is 0 Å². The maximum Gasteiger partial charge on any atom is 0.142 e. The van der Waals surface area contributed by atoms with E-state index in [9.17, 15) is 4.39 Å². The zero-order chi connectivity index (χ0) is 14.4. The second-order valence-corrected chi connectivity index (χ2v) is 6.01. The molecule has 1 saturated heterocycles. The molecule has 1 fully saturated rings. The third kappa shape index (κ3) is 4.72. The van der Waals surface area contributed by atoms with Crippen molar-refractivity contribution in [1.82, 2.24) is 10.2 Å². The number of hydrogen-bond donors (Lipinski definition) is 1. The Morgan fingerprint density at radius 3 is 2.60 bits per heavy atom. The number of nitrogens with one attached hydrogen (secondary N) is 1. The molecule has 0 saturated carbocycles. The van der Waals surface area contributed by atoms with Gasteiger partial charge in [-0.25, -0.2) is 4.39 Å². The summed E-state index contributed by atoms with van der Waals surface area (Å²) in [4.78, 5) is 2.52. The maximum absolute atomic E-state index is 13.4. The predicted molar refractivity (Wildman–Crippen MR) is 82.7 cm³/mol. The fraction of sp³-hybridized carbons (Fsp3) is 0.625. The Kier molecular flexibility index (Phi) is 6.27. The zero-order valence-corrected chi connectivity index (χ0v) is 12.9. The highest BCUT2D eigenvalue weighted by Crippen LogP contribution is 2.20. The highest BCUT2D eigenvalue weighted by atomic mass is 35.5. The zero-order valence-electron chi connectivity index (χ0n) is 12.2. The predicted octanol–water partition coefficient (Wildman–Crippen LogP) is 4.01. The molecule has 2 nitrogen and oxygen atoms in total. The number of benzene rings is 1. The first kappa shape index (κ1) is 15.7. The normalized spacial score (nSPS) is 18.8. The van der Waals surface area contributed by atoms with Crippen molar-refractivity contribution in [2.45, 2.75) is 38.6 Å². The van der Waals surface area contributed by atoms with Crippen LogP contribution in [0.5, 0.6) is 0 Å². The molecule has 4 heteroatoms. The number of nitrogens with zero attached hydrogens (tertiary/aromatic N) is 1. The van der Waals surface area contributed by atoms with Crippen LogP contribution in [0.3, 0.4) is 0 Å². The molecule has 1 heterocycles. The molecule has 1 unspecified atom stereocenters. The summed E-state index contributed by atoms with van der Waals surface area (Å²) in [6, 6.07) is 5.17. The van der Waals surface area contributed by atoms with E-state index in [0.717, 1.165) is 18.7 Å². The Morgan fingerprint density at radius 1 is 1.25 bits per heavy atom. The molecule has 1 aromatic carbocycles. The summed E-state index contributed by atoms with van der Waals surface area (Å²) in [5.41, 5.74) is 0.947. The summed E-state index contributed by atoms with van der Waals surface area (Å²) < 4.78 is 13.4. The minimum absolute atomic E-state index is 0.147. The van der Waals surface area contributed by atoms with Gasteiger partial charge in [-0.05, 0) is 50.6 Å². The van der Waals surface area contributed by atoms with Gasteiger partial charge in [-0.15, -0.1) is 0 Å². The van der Waals surface area contributed by atoms with Crippen LogP contribution in [0.2, 0.25) is 5.02 Å². The smallest absolute Gasteiger partial charge is 0.142 e. The van der Waals surface area contributed by atoms with E-state index in [0.29, 0.717) is 0 Å². The van der Waals surface area contributed by atoms with Gasteiger partial charge in [-0.1, -0.05) is 30.5 Å². The van der Waals surface area contributed by atoms with Crippen molar-refractivity contribution in [2.24, 2.45) is 0 Å². The van der Waals surface area contributed by atoms with Gasteiger partial charge >= 0.3 is 0 Å². The lowest BCUT2D eigenvalue weighted by Gasteiger charge is -2.22. The summed E-state index contributed by atoms with van der Waals surface area (Å²) in [6.45, 7) is 6.49. The monoisotopic (exact) mass is 298 g/mol. The lowest BCUT2D eigenvalue weighted by atomic mass is 10.1. The van der Waals surface area contributed by atoms with Crippen LogP contribution in [0.1, 0.15) is 44.2 Å². The van der Waals surface area contributed by atoms with E-state index in [1.807, 2.05) is 6.07 Å². The van der Waals surface area contributed by atoms with Gasteiger partial charge in [0, 0.05) is 19.1 Å². The summed E-state index contributed by atoms with van der Waals surface area (Å²) >= 11 is 5.70. The molecule has 0 spiro atoms. The van der Waals surface area contributed by atoms with E-state index in [1.165, 1.54) is 44.8 Å². The first-order valence-corrected chi connectivity index (χ1v) is 7.95. The highest BCUT2D eigenvalue weighted by molar-refractivity contribution is 6.30. The summed E-state index contributed by atoms with van der Waals surface area (Å²) in [7, 11) is 0. The third-order valence-corrected chi connectivity index (χ3v) is 4.33. The fourth-order valence-corrected chi connectivity index (χ4v) is 2.82. The number of likely N-dealkylation sites (tertiary alicyclic amines) is 1. The lowest BCUT2D eigenvalue weighted by molar-refractivity contribution is 0.280. The van der Waals surface area contributed by atoms with Crippen molar-refractivity contribution in [3.05, 3.63) is 34.6 Å². The van der Waals surface area contributed by atoms with E-state index in [1.54, 1.807) is 6.07 Å². The van der Waals surface area contributed by atoms with E-state index in [4.69, 9.17) is 11.6 Å². The van der Waals surface area contributed by atoms with Gasteiger partial charge in [0.2, 0.25) is 0 Å². The minimum Gasteiger partial charge on any atom is -0.309 e. The SMILES string of the molecule is CC(NCCN1CCCCCC1)c1ccc(Cl)c(F)c1. The van der Waals surface area contributed by atoms with Crippen LogP contribution in [0.25, 0.3) is 0 Å². The van der Waals surface area contributed by atoms with Gasteiger partial charge in [0.05, 0.1) is 5.02 Å². The molecule has 0 radical (unpaired) electrons. The first-order chi connectivity index (χ1) is 9.66. The van der Waals surface area contributed by atoms with Crippen molar-refractivity contribution in [2.75, 3.05) is 26.2 Å². The Hall–Kier alpha value is -0.640. The second-order valence-electron chi connectivity index (χ2n) is 5.61.